The predicted molar refractivity (Wildman–Crippen MR) is 112 cm³/mol. The summed E-state index contributed by atoms with van der Waals surface area (Å²) >= 11 is 0. The van der Waals surface area contributed by atoms with Crippen LogP contribution in [0.5, 0.6) is 0 Å². The molecule has 2 aromatic carbocycles. The molecule has 7 heteroatoms. The lowest BCUT2D eigenvalue weighted by Gasteiger charge is -2.23. The number of hydrogen-bond donors (Lipinski definition) is 2. The van der Waals surface area contributed by atoms with Gasteiger partial charge in [-0.25, -0.2) is 4.39 Å². The summed E-state index contributed by atoms with van der Waals surface area (Å²) in [4.78, 5) is 32.5. The summed E-state index contributed by atoms with van der Waals surface area (Å²) in [6.07, 6.45) is 2.54. The number of carbonyl (C=O) groups is 1. The van der Waals surface area contributed by atoms with E-state index in [1.165, 1.54) is 30.0 Å². The van der Waals surface area contributed by atoms with Crippen molar-refractivity contribution in [2.75, 3.05) is 24.5 Å². The number of nitrogens with one attached hydrogen (secondary N) is 2. The monoisotopic (exact) mass is 394 g/mol. The van der Waals surface area contributed by atoms with Crippen molar-refractivity contribution in [1.29, 1.82) is 0 Å². The number of nitrogens with zero attached hydrogens (tertiary/aromatic N) is 2. The Labute approximate surface area is 168 Å². The molecule has 6 nitrogen and oxygen atoms in total. The van der Waals surface area contributed by atoms with E-state index in [1.807, 2.05) is 25.1 Å². The third-order valence-electron chi connectivity index (χ3n) is 4.54. The molecule has 0 unspecified atom stereocenters. The molecule has 0 bridgehead atoms. The number of likely N-dealkylation sites (N-methyl/N-ethyl adjacent to an activating group) is 1. The van der Waals surface area contributed by atoms with Gasteiger partial charge in [0.1, 0.15) is 5.82 Å². The molecule has 0 aliphatic carbocycles. The van der Waals surface area contributed by atoms with E-state index in [0.717, 1.165) is 18.4 Å². The maximum Gasteiger partial charge on any atom is 0.266 e. The molecular formula is C22H23FN4O2. The second-order valence-corrected chi connectivity index (χ2v) is 6.71. The molecular weight excluding hydrogens is 371 g/mol. The number of H-pyrrole nitrogens is 1. The maximum absolute atomic E-state index is 14.0. The molecule has 1 amide bonds. The van der Waals surface area contributed by atoms with Gasteiger partial charge in [0.2, 0.25) is 0 Å². The number of anilines is 1. The van der Waals surface area contributed by atoms with Crippen LogP contribution < -0.4 is 15.8 Å². The zero-order valence-corrected chi connectivity index (χ0v) is 16.4. The molecule has 1 aromatic heterocycles. The molecule has 150 valence electrons. The first-order valence-electron chi connectivity index (χ1n) is 9.41. The van der Waals surface area contributed by atoms with Crippen LogP contribution in [0.15, 0.2) is 59.7 Å². The van der Waals surface area contributed by atoms with Gasteiger partial charge in [-0.3, -0.25) is 14.6 Å². The zero-order chi connectivity index (χ0) is 20.8. The molecule has 0 saturated heterocycles. The fourth-order valence-corrected chi connectivity index (χ4v) is 3.10. The Morgan fingerprint density at radius 2 is 2.03 bits per heavy atom. The van der Waals surface area contributed by atoms with Crippen LogP contribution in [0.3, 0.4) is 0 Å². The average Bonchev–Trinajstić information content (AvgIpc) is 2.70. The van der Waals surface area contributed by atoms with Crippen molar-refractivity contribution in [3.8, 4) is 11.3 Å². The molecule has 0 aliphatic heterocycles. The summed E-state index contributed by atoms with van der Waals surface area (Å²) in [6, 6.07) is 12.1. The largest absolute Gasteiger partial charge is 0.370 e. The van der Waals surface area contributed by atoms with Gasteiger partial charge in [0.05, 0.1) is 18.1 Å². The number of hydrogen-bond acceptors (Lipinski definition) is 4. The van der Waals surface area contributed by atoms with Gasteiger partial charge >= 0.3 is 0 Å². The Morgan fingerprint density at radius 1 is 1.21 bits per heavy atom. The highest BCUT2D eigenvalue weighted by molar-refractivity contribution is 5.95. The highest BCUT2D eigenvalue weighted by Gasteiger charge is 2.12. The summed E-state index contributed by atoms with van der Waals surface area (Å²) in [5.74, 6) is -0.940. The minimum Gasteiger partial charge on any atom is -0.370 e. The van der Waals surface area contributed by atoms with Gasteiger partial charge in [-0.15, -0.1) is 0 Å². The molecule has 0 atom stereocenters. The Bertz CT molecular complexity index is 1060. The minimum atomic E-state index is -0.563. The Hall–Kier alpha value is -3.48. The highest BCUT2D eigenvalue weighted by Crippen LogP contribution is 2.19. The van der Waals surface area contributed by atoms with Crippen molar-refractivity contribution in [1.82, 2.24) is 15.3 Å². The first kappa shape index (κ1) is 20.3. The zero-order valence-electron chi connectivity index (χ0n) is 16.4. The summed E-state index contributed by atoms with van der Waals surface area (Å²) in [7, 11) is 0. The Kier molecular flexibility index (Phi) is 6.39. The van der Waals surface area contributed by atoms with E-state index in [-0.39, 0.29) is 11.5 Å². The van der Waals surface area contributed by atoms with E-state index in [1.54, 1.807) is 0 Å². The number of halogens is 1. The van der Waals surface area contributed by atoms with Crippen LogP contribution in [-0.2, 0) is 0 Å². The normalized spacial score (nSPS) is 10.6. The van der Waals surface area contributed by atoms with Crippen molar-refractivity contribution in [3.63, 3.8) is 0 Å². The predicted octanol–water partition coefficient (Wildman–Crippen LogP) is 3.14. The maximum atomic E-state index is 14.0. The number of carbonyl (C=O) groups excluding carboxylic acids is 1. The van der Waals surface area contributed by atoms with Gasteiger partial charge in [0.25, 0.3) is 11.5 Å². The van der Waals surface area contributed by atoms with Crippen LogP contribution in [0.4, 0.5) is 10.1 Å². The molecule has 1 heterocycles. The standard InChI is InChI=1S/C22H23FN4O2/c1-3-27(19-6-4-5-15(2)9-19)8-7-25-22(29)17-10-16(11-18(23)12-17)20-13-24-14-21(28)26-20/h4-6,9-14H,3,7-8H2,1-2H3,(H,25,29)(H,26,28). The molecule has 0 radical (unpaired) electrons. The molecule has 3 rings (SSSR count). The van der Waals surface area contributed by atoms with Gasteiger partial charge in [-0.05, 0) is 49.7 Å². The summed E-state index contributed by atoms with van der Waals surface area (Å²) in [5, 5.41) is 2.83. The lowest BCUT2D eigenvalue weighted by atomic mass is 10.1. The number of aromatic amines is 1. The molecule has 0 saturated carbocycles. The van der Waals surface area contributed by atoms with Gasteiger partial charge < -0.3 is 15.2 Å². The van der Waals surface area contributed by atoms with Gasteiger partial charge in [-0.1, -0.05) is 12.1 Å². The highest BCUT2D eigenvalue weighted by atomic mass is 19.1. The lowest BCUT2D eigenvalue weighted by molar-refractivity contribution is 0.0954. The molecule has 0 spiro atoms. The van der Waals surface area contributed by atoms with Crippen LogP contribution in [0.25, 0.3) is 11.3 Å². The van der Waals surface area contributed by atoms with Crippen molar-refractivity contribution < 1.29 is 9.18 Å². The van der Waals surface area contributed by atoms with E-state index >= 15 is 0 Å². The molecule has 0 aliphatic rings. The van der Waals surface area contributed by atoms with Gasteiger partial charge in [0, 0.05) is 36.4 Å². The van der Waals surface area contributed by atoms with Crippen LogP contribution >= 0.6 is 0 Å². The SMILES string of the molecule is CCN(CCNC(=O)c1cc(F)cc(-c2cncc(=O)[nH]2)c1)c1cccc(C)c1. The van der Waals surface area contributed by atoms with Crippen LogP contribution in [0.2, 0.25) is 0 Å². The smallest absolute Gasteiger partial charge is 0.266 e. The van der Waals surface area contributed by atoms with Crippen LogP contribution in [0.1, 0.15) is 22.8 Å². The molecule has 3 aromatic rings. The minimum absolute atomic E-state index is 0.184. The number of amides is 1. The molecule has 2 N–H and O–H groups in total. The summed E-state index contributed by atoms with van der Waals surface area (Å²) in [5.41, 5.74) is 2.79. The first-order valence-corrected chi connectivity index (χ1v) is 9.41. The van der Waals surface area contributed by atoms with Gasteiger partial charge in [-0.2, -0.15) is 0 Å². The van der Waals surface area contributed by atoms with E-state index < -0.39 is 11.4 Å². The van der Waals surface area contributed by atoms with Crippen LogP contribution in [0, 0.1) is 12.7 Å². The Balaban J connectivity index is 1.68. The van der Waals surface area contributed by atoms with Crippen LogP contribution in [-0.4, -0.2) is 35.5 Å². The second-order valence-electron chi connectivity index (χ2n) is 6.71. The van der Waals surface area contributed by atoms with E-state index in [2.05, 4.69) is 33.2 Å². The van der Waals surface area contributed by atoms with Crippen molar-refractivity contribution >= 4 is 11.6 Å². The van der Waals surface area contributed by atoms with Gasteiger partial charge in [0.15, 0.2) is 0 Å². The van der Waals surface area contributed by atoms with E-state index in [0.29, 0.717) is 24.3 Å². The fraction of sp³-hybridized carbons (Fsp3) is 0.227. The lowest BCUT2D eigenvalue weighted by Crippen LogP contribution is -2.35. The van der Waals surface area contributed by atoms with Crippen molar-refractivity contribution in [2.24, 2.45) is 0 Å². The van der Waals surface area contributed by atoms with E-state index in [4.69, 9.17) is 0 Å². The topological polar surface area (TPSA) is 78.1 Å². The van der Waals surface area contributed by atoms with Crippen molar-refractivity contribution in [2.45, 2.75) is 13.8 Å². The Morgan fingerprint density at radius 3 is 2.76 bits per heavy atom. The third-order valence-corrected chi connectivity index (χ3v) is 4.54. The first-order chi connectivity index (χ1) is 14.0. The third kappa shape index (κ3) is 5.28. The number of benzene rings is 2. The molecule has 0 fully saturated rings. The van der Waals surface area contributed by atoms with Crippen molar-refractivity contribution in [3.05, 3.63) is 82.2 Å². The quantitative estimate of drug-likeness (QED) is 0.645. The number of aryl methyl sites for hydroxylation is 1. The number of rotatable bonds is 7. The number of aromatic nitrogens is 2. The second kappa shape index (κ2) is 9.14. The summed E-state index contributed by atoms with van der Waals surface area (Å²) < 4.78 is 14.0. The van der Waals surface area contributed by atoms with E-state index in [9.17, 15) is 14.0 Å². The average molecular weight is 394 g/mol. The fourth-order valence-electron chi connectivity index (χ4n) is 3.10. The summed E-state index contributed by atoms with van der Waals surface area (Å²) in [6.45, 7) is 5.94. The molecule has 29 heavy (non-hydrogen) atoms.